The second kappa shape index (κ2) is 6.62. The van der Waals surface area contributed by atoms with E-state index in [1.807, 2.05) is 20.8 Å². The van der Waals surface area contributed by atoms with Gasteiger partial charge in [-0.1, -0.05) is 0 Å². The highest BCUT2D eigenvalue weighted by atomic mass is 16.6. The van der Waals surface area contributed by atoms with Crippen LogP contribution in [0.1, 0.15) is 27.2 Å². The van der Waals surface area contributed by atoms with Crippen molar-refractivity contribution in [1.82, 2.24) is 4.90 Å². The molecule has 0 aromatic carbocycles. The van der Waals surface area contributed by atoms with Gasteiger partial charge >= 0.3 is 12.1 Å². The Balaban J connectivity index is 1.77. The highest BCUT2D eigenvalue weighted by molar-refractivity contribution is 5.75. The average Bonchev–Trinajstić information content (AvgIpc) is 2.86. The van der Waals surface area contributed by atoms with Gasteiger partial charge < -0.3 is 23.8 Å². The summed E-state index contributed by atoms with van der Waals surface area (Å²) in [7, 11) is 0. The van der Waals surface area contributed by atoms with E-state index in [0.717, 1.165) is 0 Å². The molecule has 2 fully saturated rings. The second-order valence-electron chi connectivity index (χ2n) is 6.21. The fourth-order valence-corrected chi connectivity index (χ4v) is 2.18. The number of nitrogens with zero attached hydrogens (tertiary/aromatic N) is 1. The van der Waals surface area contributed by atoms with Gasteiger partial charge in [0.05, 0.1) is 26.4 Å². The number of esters is 1. The molecule has 2 aliphatic rings. The minimum absolute atomic E-state index is 0.224. The van der Waals surface area contributed by atoms with Crippen molar-refractivity contribution >= 4 is 12.1 Å². The largest absolute Gasteiger partial charge is 0.458 e. The van der Waals surface area contributed by atoms with Crippen LogP contribution in [0.4, 0.5) is 4.79 Å². The summed E-state index contributed by atoms with van der Waals surface area (Å²) in [6.45, 7) is 7.45. The smallest absolute Gasteiger partial charge is 0.410 e. The Hall–Kier alpha value is -1.34. The van der Waals surface area contributed by atoms with Gasteiger partial charge in [-0.3, -0.25) is 0 Å². The molecule has 0 aromatic heterocycles. The summed E-state index contributed by atoms with van der Waals surface area (Å²) in [6, 6.07) is 0. The third-order valence-corrected chi connectivity index (χ3v) is 3.16. The number of rotatable bonds is 2. The molecule has 7 heteroatoms. The predicted molar refractivity (Wildman–Crippen MR) is 72.9 cm³/mol. The molecule has 2 aliphatic heterocycles. The highest BCUT2D eigenvalue weighted by Crippen LogP contribution is 2.18. The molecule has 2 saturated heterocycles. The van der Waals surface area contributed by atoms with Gasteiger partial charge in [0.1, 0.15) is 11.7 Å². The number of amides is 1. The Labute approximate surface area is 124 Å². The Morgan fingerprint density at radius 3 is 2.62 bits per heavy atom. The quantitative estimate of drug-likeness (QED) is 0.707. The van der Waals surface area contributed by atoms with Crippen molar-refractivity contribution < 1.29 is 28.5 Å². The van der Waals surface area contributed by atoms with E-state index < -0.39 is 17.7 Å². The fraction of sp³-hybridized carbons (Fsp3) is 0.857. The van der Waals surface area contributed by atoms with Gasteiger partial charge in [0, 0.05) is 13.0 Å². The molecule has 1 amide bonds. The normalized spacial score (nSPS) is 26.5. The summed E-state index contributed by atoms with van der Waals surface area (Å²) in [6.07, 6.45) is -0.735. The Morgan fingerprint density at radius 2 is 2.00 bits per heavy atom. The molecule has 2 rings (SSSR count). The topological polar surface area (TPSA) is 74.3 Å². The van der Waals surface area contributed by atoms with Crippen molar-refractivity contribution in [3.63, 3.8) is 0 Å². The van der Waals surface area contributed by atoms with Crippen LogP contribution in [0.2, 0.25) is 0 Å². The zero-order chi connectivity index (χ0) is 15.5. The molecule has 2 heterocycles. The fourth-order valence-electron chi connectivity index (χ4n) is 2.18. The summed E-state index contributed by atoms with van der Waals surface area (Å²) in [5, 5.41) is 0. The van der Waals surface area contributed by atoms with E-state index >= 15 is 0 Å². The lowest BCUT2D eigenvalue weighted by Gasteiger charge is -2.25. The number of likely N-dealkylation sites (tertiary alicyclic amines) is 1. The zero-order valence-corrected chi connectivity index (χ0v) is 12.8. The van der Waals surface area contributed by atoms with Gasteiger partial charge in [-0.15, -0.1) is 0 Å². The van der Waals surface area contributed by atoms with Crippen LogP contribution in [0.25, 0.3) is 0 Å². The first-order valence-corrected chi connectivity index (χ1v) is 7.23. The molecule has 120 valence electrons. The molecular weight excluding hydrogens is 278 g/mol. The Kier molecular flexibility index (Phi) is 5.05. The molecule has 0 bridgehead atoms. The third-order valence-electron chi connectivity index (χ3n) is 3.16. The summed E-state index contributed by atoms with van der Waals surface area (Å²) in [5.74, 6) is -0.425. The lowest BCUT2D eigenvalue weighted by molar-refractivity contribution is -0.175. The van der Waals surface area contributed by atoms with Gasteiger partial charge in [0.2, 0.25) is 0 Å². The van der Waals surface area contributed by atoms with Crippen LogP contribution in [0.15, 0.2) is 0 Å². The second-order valence-corrected chi connectivity index (χ2v) is 6.21. The third kappa shape index (κ3) is 4.86. The molecule has 0 aromatic rings. The molecular formula is C14H23NO6. The average molecular weight is 301 g/mol. The maximum atomic E-state index is 11.9. The van der Waals surface area contributed by atoms with Gasteiger partial charge in [-0.05, 0) is 20.8 Å². The Morgan fingerprint density at radius 1 is 1.24 bits per heavy atom. The van der Waals surface area contributed by atoms with Crippen LogP contribution in [-0.2, 0) is 23.7 Å². The van der Waals surface area contributed by atoms with Crippen LogP contribution < -0.4 is 0 Å². The first kappa shape index (κ1) is 16.0. The molecule has 2 atom stereocenters. The van der Waals surface area contributed by atoms with E-state index in [9.17, 15) is 9.59 Å². The monoisotopic (exact) mass is 301 g/mol. The summed E-state index contributed by atoms with van der Waals surface area (Å²) in [4.78, 5) is 25.4. The summed E-state index contributed by atoms with van der Waals surface area (Å²) >= 11 is 0. The van der Waals surface area contributed by atoms with E-state index in [4.69, 9.17) is 18.9 Å². The molecule has 1 unspecified atom stereocenters. The maximum absolute atomic E-state index is 11.9. The minimum atomic E-state index is -0.658. The molecule has 0 N–H and O–H groups in total. The Bertz CT molecular complexity index is 385. The predicted octanol–water partition coefficient (Wildman–Crippen LogP) is 0.954. The van der Waals surface area contributed by atoms with E-state index in [2.05, 4.69) is 0 Å². The van der Waals surface area contributed by atoms with Crippen molar-refractivity contribution in [3.8, 4) is 0 Å². The van der Waals surface area contributed by atoms with Gasteiger partial charge in [-0.25, -0.2) is 9.59 Å². The van der Waals surface area contributed by atoms with Crippen molar-refractivity contribution in [2.24, 2.45) is 0 Å². The van der Waals surface area contributed by atoms with E-state index in [1.165, 1.54) is 0 Å². The van der Waals surface area contributed by atoms with Crippen LogP contribution in [0.3, 0.4) is 0 Å². The first-order chi connectivity index (χ1) is 9.85. The van der Waals surface area contributed by atoms with Crippen LogP contribution in [-0.4, -0.2) is 67.7 Å². The zero-order valence-electron chi connectivity index (χ0n) is 12.8. The van der Waals surface area contributed by atoms with Crippen molar-refractivity contribution in [1.29, 1.82) is 0 Å². The van der Waals surface area contributed by atoms with Crippen molar-refractivity contribution in [2.45, 2.75) is 45.0 Å². The number of hydrogen-bond donors (Lipinski definition) is 0. The summed E-state index contributed by atoms with van der Waals surface area (Å²) in [5.41, 5.74) is -0.529. The summed E-state index contributed by atoms with van der Waals surface area (Å²) < 4.78 is 21.1. The molecule has 21 heavy (non-hydrogen) atoms. The highest BCUT2D eigenvalue weighted by Gasteiger charge is 2.34. The van der Waals surface area contributed by atoms with Crippen LogP contribution in [0, 0.1) is 0 Å². The van der Waals surface area contributed by atoms with Crippen molar-refractivity contribution in [2.75, 3.05) is 32.9 Å². The van der Waals surface area contributed by atoms with Gasteiger partial charge in [0.25, 0.3) is 0 Å². The van der Waals surface area contributed by atoms with E-state index in [1.54, 1.807) is 4.90 Å². The number of carbonyl (C=O) groups is 2. The number of ether oxygens (including phenoxy) is 4. The van der Waals surface area contributed by atoms with Crippen molar-refractivity contribution in [3.05, 3.63) is 0 Å². The van der Waals surface area contributed by atoms with Crippen LogP contribution >= 0.6 is 0 Å². The standard InChI is InChI=1S/C14H23NO6/c1-14(2,3)21-13(17)15-5-4-10(8-15)20-12(16)11-9-18-6-7-19-11/h10-11H,4-9H2,1-3H3/t10-,11?/m0/s1. The molecule has 7 nitrogen and oxygen atoms in total. The molecule has 0 saturated carbocycles. The number of carbonyl (C=O) groups excluding carboxylic acids is 2. The maximum Gasteiger partial charge on any atom is 0.410 e. The minimum Gasteiger partial charge on any atom is -0.458 e. The molecule has 0 radical (unpaired) electrons. The molecule has 0 spiro atoms. The van der Waals surface area contributed by atoms with Crippen LogP contribution in [0.5, 0.6) is 0 Å². The lowest BCUT2D eigenvalue weighted by atomic mass is 10.2. The SMILES string of the molecule is CC(C)(C)OC(=O)N1CC[C@H](OC(=O)C2COCCO2)C1. The molecule has 0 aliphatic carbocycles. The first-order valence-electron chi connectivity index (χ1n) is 7.23. The van der Waals surface area contributed by atoms with Gasteiger partial charge in [0.15, 0.2) is 6.10 Å². The van der Waals surface area contributed by atoms with E-state index in [0.29, 0.717) is 32.7 Å². The van der Waals surface area contributed by atoms with Gasteiger partial charge in [-0.2, -0.15) is 0 Å². The lowest BCUT2D eigenvalue weighted by Crippen LogP contribution is -2.39. The van der Waals surface area contributed by atoms with E-state index in [-0.39, 0.29) is 18.8 Å². The number of hydrogen-bond acceptors (Lipinski definition) is 6.